The van der Waals surface area contributed by atoms with E-state index in [1.54, 1.807) is 0 Å². The van der Waals surface area contributed by atoms with Crippen LogP contribution >= 0.6 is 11.8 Å². The van der Waals surface area contributed by atoms with Gasteiger partial charge in [-0.25, -0.2) is 9.67 Å². The highest BCUT2D eigenvalue weighted by Crippen LogP contribution is 2.32. The molecule has 2 fully saturated rings. The van der Waals surface area contributed by atoms with E-state index < -0.39 is 0 Å². The zero-order valence-corrected chi connectivity index (χ0v) is 13.2. The predicted molar refractivity (Wildman–Crippen MR) is 82.4 cm³/mol. The van der Waals surface area contributed by atoms with Gasteiger partial charge >= 0.3 is 0 Å². The Hall–Kier alpha value is -0.550. The average Bonchev–Trinajstić information content (AvgIpc) is 3.15. The van der Waals surface area contributed by atoms with Gasteiger partial charge in [0.25, 0.3) is 0 Å². The highest BCUT2D eigenvalue weighted by molar-refractivity contribution is 7.98. The molecule has 1 aromatic heterocycles. The third kappa shape index (κ3) is 3.19. The Balaban J connectivity index is 1.82. The van der Waals surface area contributed by atoms with Crippen LogP contribution < -0.4 is 0 Å². The van der Waals surface area contributed by atoms with Gasteiger partial charge in [-0.2, -0.15) is 16.9 Å². The summed E-state index contributed by atoms with van der Waals surface area (Å²) in [5.41, 5.74) is 0. The summed E-state index contributed by atoms with van der Waals surface area (Å²) in [4.78, 5) is 4.86. The normalized spacial score (nSPS) is 24.4. The molecule has 0 N–H and O–H groups in total. The van der Waals surface area contributed by atoms with Crippen molar-refractivity contribution in [2.45, 2.75) is 56.9 Å². The molecule has 4 nitrogen and oxygen atoms in total. The first-order valence-electron chi connectivity index (χ1n) is 7.90. The molecule has 1 saturated carbocycles. The molecule has 0 radical (unpaired) electrons. The minimum atomic E-state index is 0.465. The molecule has 20 heavy (non-hydrogen) atoms. The summed E-state index contributed by atoms with van der Waals surface area (Å²) in [5.74, 6) is 3.81. The first-order valence-corrected chi connectivity index (χ1v) is 9.30. The number of thioether (sulfide) groups is 1. The first kappa shape index (κ1) is 14.4. The van der Waals surface area contributed by atoms with Gasteiger partial charge in [-0.1, -0.05) is 19.3 Å². The lowest BCUT2D eigenvalue weighted by Crippen LogP contribution is -2.19. The number of rotatable bonds is 5. The van der Waals surface area contributed by atoms with Gasteiger partial charge in [0.05, 0.1) is 12.6 Å². The molecule has 0 amide bonds. The van der Waals surface area contributed by atoms with Crippen molar-refractivity contribution < 1.29 is 4.74 Å². The molecule has 1 saturated heterocycles. The van der Waals surface area contributed by atoms with Gasteiger partial charge in [0, 0.05) is 24.7 Å². The lowest BCUT2D eigenvalue weighted by atomic mass is 9.95. The fraction of sp³-hybridized carbons (Fsp3) is 0.867. The van der Waals surface area contributed by atoms with Crippen LogP contribution in [0.4, 0.5) is 0 Å². The molecular formula is C15H25N3OS. The maximum atomic E-state index is 5.56. The maximum absolute atomic E-state index is 5.56. The van der Waals surface area contributed by atoms with Crippen LogP contribution in [0.2, 0.25) is 0 Å². The van der Waals surface area contributed by atoms with E-state index >= 15 is 0 Å². The van der Waals surface area contributed by atoms with E-state index in [-0.39, 0.29) is 0 Å². The van der Waals surface area contributed by atoms with Crippen molar-refractivity contribution in [3.63, 3.8) is 0 Å². The maximum Gasteiger partial charge on any atom is 0.151 e. The molecular weight excluding hydrogens is 270 g/mol. The van der Waals surface area contributed by atoms with Crippen LogP contribution in [-0.4, -0.2) is 40.0 Å². The molecule has 5 heteroatoms. The third-order valence-corrected chi connectivity index (χ3v) is 5.06. The van der Waals surface area contributed by atoms with Gasteiger partial charge < -0.3 is 4.74 Å². The van der Waals surface area contributed by atoms with E-state index in [2.05, 4.69) is 10.9 Å². The zero-order valence-electron chi connectivity index (χ0n) is 12.4. The van der Waals surface area contributed by atoms with Crippen LogP contribution in [0.5, 0.6) is 0 Å². The number of aromatic nitrogens is 3. The highest BCUT2D eigenvalue weighted by Gasteiger charge is 2.28. The van der Waals surface area contributed by atoms with E-state index in [1.807, 2.05) is 11.8 Å². The largest absolute Gasteiger partial charge is 0.381 e. The molecule has 1 aliphatic carbocycles. The van der Waals surface area contributed by atoms with Crippen molar-refractivity contribution in [1.29, 1.82) is 0 Å². The Labute approximate surface area is 125 Å². The van der Waals surface area contributed by atoms with Crippen LogP contribution in [0.1, 0.15) is 62.1 Å². The number of hydrogen-bond acceptors (Lipinski definition) is 4. The minimum Gasteiger partial charge on any atom is -0.381 e. The molecule has 1 aliphatic heterocycles. The number of ether oxygens (including phenoxy) is 1. The third-order valence-electron chi connectivity index (χ3n) is 4.45. The van der Waals surface area contributed by atoms with Gasteiger partial charge in [-0.15, -0.1) is 0 Å². The van der Waals surface area contributed by atoms with Gasteiger partial charge in [0.2, 0.25) is 0 Å². The molecule has 112 valence electrons. The molecule has 0 aromatic carbocycles. The molecule has 3 rings (SSSR count). The standard InChI is InChI=1S/C15H25N3OS/c1-20-10-8-14-16-15(12-7-9-19-11-12)18(17-14)13-5-3-2-4-6-13/h12-13H,2-11H2,1H3. The Morgan fingerprint density at radius 2 is 2.10 bits per heavy atom. The topological polar surface area (TPSA) is 39.9 Å². The average molecular weight is 295 g/mol. The van der Waals surface area contributed by atoms with Crippen LogP contribution in [0.15, 0.2) is 0 Å². The van der Waals surface area contributed by atoms with E-state index in [0.717, 1.165) is 37.6 Å². The number of nitrogens with zero attached hydrogens (tertiary/aromatic N) is 3. The van der Waals surface area contributed by atoms with Crippen molar-refractivity contribution >= 4 is 11.8 Å². The minimum absolute atomic E-state index is 0.465. The van der Waals surface area contributed by atoms with Crippen LogP contribution in [0.25, 0.3) is 0 Å². The summed E-state index contributed by atoms with van der Waals surface area (Å²) in [7, 11) is 0. The summed E-state index contributed by atoms with van der Waals surface area (Å²) in [6.45, 7) is 1.70. The SMILES string of the molecule is CSCCc1nc(C2CCOC2)n(C2CCCCC2)n1. The number of aryl methyl sites for hydroxylation is 1. The number of hydrogen-bond donors (Lipinski definition) is 0. The second-order valence-corrected chi connectivity index (χ2v) is 6.91. The Morgan fingerprint density at radius 1 is 1.25 bits per heavy atom. The van der Waals surface area contributed by atoms with Crippen molar-refractivity contribution in [3.05, 3.63) is 11.6 Å². The fourth-order valence-corrected chi connectivity index (χ4v) is 3.68. The summed E-state index contributed by atoms with van der Waals surface area (Å²) < 4.78 is 7.83. The van der Waals surface area contributed by atoms with E-state index in [4.69, 9.17) is 14.8 Å². The van der Waals surface area contributed by atoms with Crippen LogP contribution in [0.3, 0.4) is 0 Å². The lowest BCUT2D eigenvalue weighted by molar-refractivity contribution is 0.191. The Kier molecular flexibility index (Phi) is 4.99. The molecule has 0 spiro atoms. The molecule has 1 unspecified atom stereocenters. The van der Waals surface area contributed by atoms with E-state index in [9.17, 15) is 0 Å². The molecule has 1 atom stereocenters. The fourth-order valence-electron chi connectivity index (χ4n) is 3.29. The second-order valence-electron chi connectivity index (χ2n) is 5.93. The molecule has 2 heterocycles. The lowest BCUT2D eigenvalue weighted by Gasteiger charge is -2.24. The monoisotopic (exact) mass is 295 g/mol. The van der Waals surface area contributed by atoms with Crippen LogP contribution in [-0.2, 0) is 11.2 Å². The van der Waals surface area contributed by atoms with Gasteiger partial charge in [0.1, 0.15) is 5.82 Å². The van der Waals surface area contributed by atoms with Crippen molar-refractivity contribution in [2.75, 3.05) is 25.2 Å². The summed E-state index contributed by atoms with van der Waals surface area (Å²) >= 11 is 1.87. The Bertz CT molecular complexity index is 423. The Morgan fingerprint density at radius 3 is 2.80 bits per heavy atom. The van der Waals surface area contributed by atoms with Crippen LogP contribution in [0, 0.1) is 0 Å². The molecule has 0 bridgehead atoms. The van der Waals surface area contributed by atoms with Crippen molar-refractivity contribution in [2.24, 2.45) is 0 Å². The molecule has 2 aliphatic rings. The predicted octanol–water partition coefficient (Wildman–Crippen LogP) is 3.19. The molecule has 1 aromatic rings. The van der Waals surface area contributed by atoms with Crippen molar-refractivity contribution in [3.8, 4) is 0 Å². The van der Waals surface area contributed by atoms with E-state index in [0.29, 0.717) is 12.0 Å². The quantitative estimate of drug-likeness (QED) is 0.836. The highest BCUT2D eigenvalue weighted by atomic mass is 32.2. The summed E-state index contributed by atoms with van der Waals surface area (Å²) in [5, 5.41) is 4.85. The van der Waals surface area contributed by atoms with E-state index in [1.165, 1.54) is 37.9 Å². The summed E-state index contributed by atoms with van der Waals surface area (Å²) in [6, 6.07) is 0.579. The first-order chi connectivity index (χ1) is 9.88. The van der Waals surface area contributed by atoms with Gasteiger partial charge in [0.15, 0.2) is 5.82 Å². The summed E-state index contributed by atoms with van der Waals surface area (Å²) in [6.07, 6.45) is 10.8. The second kappa shape index (κ2) is 6.94. The zero-order chi connectivity index (χ0) is 13.8. The van der Waals surface area contributed by atoms with Gasteiger partial charge in [-0.3, -0.25) is 0 Å². The van der Waals surface area contributed by atoms with Crippen molar-refractivity contribution in [1.82, 2.24) is 14.8 Å². The smallest absolute Gasteiger partial charge is 0.151 e. The van der Waals surface area contributed by atoms with Gasteiger partial charge in [-0.05, 0) is 25.5 Å².